The van der Waals surface area contributed by atoms with Gasteiger partial charge in [-0.1, -0.05) is 141 Å². The molecule has 0 N–H and O–H groups in total. The number of likely N-dealkylation sites (tertiary alicyclic amines) is 1. The summed E-state index contributed by atoms with van der Waals surface area (Å²) < 4.78 is 7.37. The molecule has 1 fully saturated rings. The van der Waals surface area contributed by atoms with Crippen molar-refractivity contribution in [2.45, 2.75) is 119 Å². The normalized spacial score (nSPS) is 12.4. The van der Waals surface area contributed by atoms with Crippen molar-refractivity contribution in [1.82, 2.24) is 4.90 Å². The van der Waals surface area contributed by atoms with Gasteiger partial charge in [0.15, 0.2) is 0 Å². The molecule has 0 atom stereocenters. The Balaban J connectivity index is 0.000000426. The summed E-state index contributed by atoms with van der Waals surface area (Å²) in [4.78, 5) is 3.86. The lowest BCUT2D eigenvalue weighted by molar-refractivity contribution is 0.238. The highest BCUT2D eigenvalue weighted by Crippen LogP contribution is 2.40. The number of benzene rings is 3. The first-order chi connectivity index (χ1) is 22.1. The van der Waals surface area contributed by atoms with Crippen LogP contribution in [-0.2, 0) is 6.42 Å². The molecular weight excluding hydrogens is 567 g/mol. The lowest BCUT2D eigenvalue weighted by Gasteiger charge is -2.15. The number of hydrogen-bond acceptors (Lipinski definition) is 3. The first-order valence-corrected chi connectivity index (χ1v) is 18.9. The molecule has 2 nitrogen and oxygen atoms in total. The predicted octanol–water partition coefficient (Wildman–Crippen LogP) is 13.1. The van der Waals surface area contributed by atoms with Crippen LogP contribution in [0.5, 0.6) is 5.75 Å². The van der Waals surface area contributed by atoms with E-state index in [4.69, 9.17) is 4.74 Å². The van der Waals surface area contributed by atoms with Gasteiger partial charge < -0.3 is 4.74 Å². The number of thiophene rings is 1. The summed E-state index contributed by atoms with van der Waals surface area (Å²) in [6.45, 7) is 19.3. The Bertz CT molecular complexity index is 1250. The molecule has 0 radical (unpaired) electrons. The molecule has 5 rings (SSSR count). The highest BCUT2D eigenvalue weighted by Gasteiger charge is 2.15. The second kappa shape index (κ2) is 23.7. The summed E-state index contributed by atoms with van der Waals surface area (Å²) in [5.74, 6) is 0.962. The Morgan fingerprint density at radius 2 is 1.24 bits per heavy atom. The van der Waals surface area contributed by atoms with Crippen molar-refractivity contribution in [3.05, 3.63) is 89.5 Å². The Morgan fingerprint density at radius 1 is 0.689 bits per heavy atom. The first kappa shape index (κ1) is 38.6. The topological polar surface area (TPSA) is 12.5 Å². The second-order valence-corrected chi connectivity index (χ2v) is 13.0. The zero-order valence-corrected chi connectivity index (χ0v) is 30.6. The van der Waals surface area contributed by atoms with Crippen LogP contribution in [0.3, 0.4) is 0 Å². The van der Waals surface area contributed by atoms with Crippen LogP contribution in [0, 0.1) is 6.92 Å². The van der Waals surface area contributed by atoms with Crippen LogP contribution in [0.25, 0.3) is 20.5 Å². The average Bonchev–Trinajstić information content (AvgIpc) is 3.74. The molecule has 1 aromatic heterocycles. The third kappa shape index (κ3) is 14.1. The van der Waals surface area contributed by atoms with Crippen LogP contribution < -0.4 is 4.74 Å². The minimum atomic E-state index is 0.765. The maximum absolute atomic E-state index is 6.02. The Labute approximate surface area is 281 Å². The fourth-order valence-electron chi connectivity index (χ4n) is 5.42. The SMILES string of the molecule is CC.CCCCCC.CCCCCC.Cc1ccc(Cc2c(-c3ccc(OCCN4CCCC4)cc3)sc3ccccc23)cc1. The molecule has 0 saturated carbocycles. The van der Waals surface area contributed by atoms with E-state index >= 15 is 0 Å². The van der Waals surface area contributed by atoms with Gasteiger partial charge in [0.2, 0.25) is 0 Å². The highest BCUT2D eigenvalue weighted by atomic mass is 32.1. The summed E-state index contributed by atoms with van der Waals surface area (Å²) in [6, 6.07) is 26.4. The minimum absolute atomic E-state index is 0.765. The van der Waals surface area contributed by atoms with Gasteiger partial charge in [0.05, 0.1) is 0 Å². The van der Waals surface area contributed by atoms with Crippen LogP contribution >= 0.6 is 11.3 Å². The molecule has 0 aliphatic carbocycles. The first-order valence-electron chi connectivity index (χ1n) is 18.1. The molecule has 1 aliphatic rings. The van der Waals surface area contributed by atoms with Gasteiger partial charge in [-0.05, 0) is 91.7 Å². The largest absolute Gasteiger partial charge is 0.492 e. The summed E-state index contributed by atoms with van der Waals surface area (Å²) in [5.41, 5.74) is 5.36. The molecule has 0 spiro atoms. The lowest BCUT2D eigenvalue weighted by atomic mass is 9.98. The van der Waals surface area contributed by atoms with Crippen LogP contribution in [0.15, 0.2) is 72.8 Å². The van der Waals surface area contributed by atoms with Crippen LogP contribution in [0.4, 0.5) is 0 Å². The van der Waals surface area contributed by atoms with Gasteiger partial charge in [0, 0.05) is 16.1 Å². The molecule has 2 heterocycles. The number of hydrogen-bond donors (Lipinski definition) is 0. The zero-order chi connectivity index (χ0) is 32.7. The third-order valence-corrected chi connectivity index (χ3v) is 9.37. The standard InChI is InChI=1S/C28H29NOS.2C6H14.C2H6/c1-21-8-10-22(11-9-21)20-26-25-6-2-3-7-27(25)31-28(26)23-12-14-24(15-13-23)30-19-18-29-16-4-5-17-29;2*1-3-5-6-4-2;1-2/h2-3,6-15H,4-5,16-20H2,1H3;2*3-6H2,1-2H3;1-2H3. The van der Waals surface area contributed by atoms with Crippen molar-refractivity contribution < 1.29 is 4.74 Å². The highest BCUT2D eigenvalue weighted by molar-refractivity contribution is 7.22. The quantitative estimate of drug-likeness (QED) is 0.136. The van der Waals surface area contributed by atoms with Crippen molar-refractivity contribution in [2.24, 2.45) is 0 Å². The molecule has 1 saturated heterocycles. The third-order valence-electron chi connectivity index (χ3n) is 8.11. The maximum atomic E-state index is 6.02. The van der Waals surface area contributed by atoms with E-state index in [1.807, 2.05) is 25.2 Å². The fourth-order valence-corrected chi connectivity index (χ4v) is 6.65. The van der Waals surface area contributed by atoms with E-state index in [2.05, 4.69) is 112 Å². The van der Waals surface area contributed by atoms with Crippen molar-refractivity contribution in [2.75, 3.05) is 26.2 Å². The van der Waals surface area contributed by atoms with E-state index in [1.54, 1.807) is 0 Å². The number of ether oxygens (including phenoxy) is 1. The van der Waals surface area contributed by atoms with E-state index in [1.165, 1.54) is 115 Å². The van der Waals surface area contributed by atoms with Crippen molar-refractivity contribution in [3.63, 3.8) is 0 Å². The van der Waals surface area contributed by atoms with Crippen molar-refractivity contribution in [3.8, 4) is 16.2 Å². The van der Waals surface area contributed by atoms with Gasteiger partial charge in [-0.3, -0.25) is 4.90 Å². The maximum Gasteiger partial charge on any atom is 0.119 e. The molecule has 0 bridgehead atoms. The van der Waals surface area contributed by atoms with Gasteiger partial charge in [-0.2, -0.15) is 0 Å². The zero-order valence-electron chi connectivity index (χ0n) is 29.8. The Kier molecular flexibility index (Phi) is 20.3. The number of aryl methyl sites for hydroxylation is 1. The van der Waals surface area contributed by atoms with Crippen molar-refractivity contribution >= 4 is 21.4 Å². The van der Waals surface area contributed by atoms with Gasteiger partial charge in [-0.25, -0.2) is 0 Å². The van der Waals surface area contributed by atoms with Crippen LogP contribution in [-0.4, -0.2) is 31.1 Å². The van der Waals surface area contributed by atoms with Gasteiger partial charge >= 0.3 is 0 Å². The Morgan fingerprint density at radius 3 is 1.80 bits per heavy atom. The second-order valence-electron chi connectivity index (χ2n) is 11.9. The van der Waals surface area contributed by atoms with E-state index in [9.17, 15) is 0 Å². The molecule has 0 amide bonds. The van der Waals surface area contributed by atoms with Crippen molar-refractivity contribution in [1.29, 1.82) is 0 Å². The molecule has 3 heteroatoms. The van der Waals surface area contributed by atoms with Crippen LogP contribution in [0.1, 0.15) is 122 Å². The minimum Gasteiger partial charge on any atom is -0.492 e. The lowest BCUT2D eigenvalue weighted by Crippen LogP contribution is -2.25. The molecule has 248 valence electrons. The van der Waals surface area contributed by atoms with Gasteiger partial charge in [-0.15, -0.1) is 11.3 Å². The number of nitrogens with zero attached hydrogens (tertiary/aromatic N) is 1. The summed E-state index contributed by atoms with van der Waals surface area (Å²) >= 11 is 1.89. The van der Waals surface area contributed by atoms with E-state index in [-0.39, 0.29) is 0 Å². The number of rotatable bonds is 13. The summed E-state index contributed by atoms with van der Waals surface area (Å²) in [7, 11) is 0. The molecule has 0 unspecified atom stereocenters. The predicted molar refractivity (Wildman–Crippen MR) is 203 cm³/mol. The number of unbranched alkanes of at least 4 members (excludes halogenated alkanes) is 6. The molecular formula is C42H63NOS. The summed E-state index contributed by atoms with van der Waals surface area (Å²) in [6.07, 6.45) is 14.7. The monoisotopic (exact) mass is 629 g/mol. The molecule has 1 aliphatic heterocycles. The number of fused-ring (bicyclic) bond motifs is 1. The molecule has 4 aromatic rings. The molecule has 45 heavy (non-hydrogen) atoms. The van der Waals surface area contributed by atoms with E-state index in [0.29, 0.717) is 0 Å². The van der Waals surface area contributed by atoms with E-state index in [0.717, 1.165) is 25.3 Å². The molecule has 3 aromatic carbocycles. The summed E-state index contributed by atoms with van der Waals surface area (Å²) in [5, 5.41) is 1.37. The van der Waals surface area contributed by atoms with E-state index < -0.39 is 0 Å². The van der Waals surface area contributed by atoms with Gasteiger partial charge in [0.1, 0.15) is 12.4 Å². The van der Waals surface area contributed by atoms with Crippen LogP contribution in [0.2, 0.25) is 0 Å². The smallest absolute Gasteiger partial charge is 0.119 e. The average molecular weight is 630 g/mol. The van der Waals surface area contributed by atoms with Gasteiger partial charge in [0.25, 0.3) is 0 Å². The fraction of sp³-hybridized carbons (Fsp3) is 0.524. The Hall–Kier alpha value is -2.62.